The van der Waals surface area contributed by atoms with Gasteiger partial charge in [-0.15, -0.1) is 13.2 Å². The van der Waals surface area contributed by atoms with Crippen LogP contribution in [0.3, 0.4) is 0 Å². The summed E-state index contributed by atoms with van der Waals surface area (Å²) in [7, 11) is 0. The molecule has 1 saturated heterocycles. The third kappa shape index (κ3) is 7.74. The van der Waals surface area contributed by atoms with Crippen LogP contribution in [0.4, 0.5) is 35.2 Å². The third-order valence-corrected chi connectivity index (χ3v) is 4.89. The van der Waals surface area contributed by atoms with Crippen LogP contribution in [0, 0.1) is 5.41 Å². The molecule has 4 N–H and O–H groups in total. The number of anilines is 3. The van der Waals surface area contributed by atoms with Gasteiger partial charge in [-0.25, -0.2) is 9.78 Å². The smallest absolute Gasteiger partial charge is 0.444 e. The number of alkyl carbamates (subject to hydrolysis) is 1. The van der Waals surface area contributed by atoms with Crippen molar-refractivity contribution in [3.63, 3.8) is 0 Å². The molecule has 12 heteroatoms. The van der Waals surface area contributed by atoms with Gasteiger partial charge in [0.15, 0.2) is 0 Å². The molecule has 1 aromatic carbocycles. The molecule has 0 aliphatic carbocycles. The number of ether oxygens (including phenoxy) is 2. The molecule has 1 fully saturated rings. The van der Waals surface area contributed by atoms with E-state index >= 15 is 0 Å². The summed E-state index contributed by atoms with van der Waals surface area (Å²) >= 11 is 0. The van der Waals surface area contributed by atoms with Crippen molar-refractivity contribution < 1.29 is 32.5 Å². The summed E-state index contributed by atoms with van der Waals surface area (Å²) in [5, 5.41) is 24.2. The first-order valence-electron chi connectivity index (χ1n) is 10.9. The van der Waals surface area contributed by atoms with Crippen molar-refractivity contribution in [2.24, 2.45) is 0 Å². The topological polar surface area (TPSA) is 120 Å². The Hall–Kier alpha value is -3.54. The van der Waals surface area contributed by atoms with Crippen molar-refractivity contribution in [3.05, 3.63) is 42.1 Å². The van der Waals surface area contributed by atoms with E-state index in [-0.39, 0.29) is 23.8 Å². The van der Waals surface area contributed by atoms with E-state index < -0.39 is 24.2 Å². The summed E-state index contributed by atoms with van der Waals surface area (Å²) in [4.78, 5) is 18.3. The lowest BCUT2D eigenvalue weighted by Crippen LogP contribution is -2.36. The van der Waals surface area contributed by atoms with Gasteiger partial charge in [0, 0.05) is 25.0 Å². The highest BCUT2D eigenvalue weighted by molar-refractivity contribution is 6.09. The fraction of sp³-hybridized carbons (Fsp3) is 0.435. The molecule has 2 aromatic rings. The Morgan fingerprint density at radius 1 is 1.23 bits per heavy atom. The summed E-state index contributed by atoms with van der Waals surface area (Å²) in [6, 6.07) is 6.81. The van der Waals surface area contributed by atoms with Crippen LogP contribution >= 0.6 is 0 Å². The lowest BCUT2D eigenvalue weighted by Gasteiger charge is -2.24. The number of aliphatic hydroxyl groups is 1. The van der Waals surface area contributed by atoms with E-state index in [1.807, 2.05) is 4.90 Å². The molecule has 9 nitrogen and oxygen atoms in total. The molecular formula is C23H28F3N5O4. The number of aliphatic hydroxyl groups excluding tert-OH is 1. The number of alkyl halides is 3. The molecule has 0 bridgehead atoms. The summed E-state index contributed by atoms with van der Waals surface area (Å²) in [5.41, 5.74) is 0.756. The number of β-amino-alcohol motifs (C(OH)–C–C–N with tert-alkyl or cyclic N) is 1. The number of nitrogens with zero attached hydrogens (tertiary/aromatic N) is 2. The van der Waals surface area contributed by atoms with Crippen LogP contribution in [-0.4, -0.2) is 59.6 Å². The molecule has 2 heterocycles. The lowest BCUT2D eigenvalue weighted by atomic mass is 10.1. The molecule has 1 atom stereocenters. The molecular weight excluding hydrogens is 467 g/mol. The zero-order chi connectivity index (χ0) is 25.8. The number of pyridine rings is 1. The summed E-state index contributed by atoms with van der Waals surface area (Å²) in [5.74, 6) is -0.102. The predicted octanol–water partition coefficient (Wildman–Crippen LogP) is 4.19. The van der Waals surface area contributed by atoms with Crippen molar-refractivity contribution in [2.45, 2.75) is 45.3 Å². The zero-order valence-corrected chi connectivity index (χ0v) is 19.6. The first-order chi connectivity index (χ1) is 16.3. The Morgan fingerprint density at radius 3 is 2.49 bits per heavy atom. The Kier molecular flexibility index (Phi) is 7.73. The minimum atomic E-state index is -4.80. The Labute approximate surface area is 200 Å². The van der Waals surface area contributed by atoms with E-state index in [2.05, 4.69) is 20.4 Å². The first-order valence-corrected chi connectivity index (χ1v) is 10.9. The minimum Gasteiger partial charge on any atom is -0.444 e. The molecule has 0 radical (unpaired) electrons. The van der Waals surface area contributed by atoms with Crippen molar-refractivity contribution in [2.75, 3.05) is 29.9 Å². The lowest BCUT2D eigenvalue weighted by molar-refractivity contribution is -0.274. The molecule has 3 rings (SSSR count). The van der Waals surface area contributed by atoms with Gasteiger partial charge in [-0.3, -0.25) is 0 Å². The monoisotopic (exact) mass is 495 g/mol. The molecule has 190 valence electrons. The van der Waals surface area contributed by atoms with Gasteiger partial charge in [0.2, 0.25) is 0 Å². The van der Waals surface area contributed by atoms with Crippen molar-refractivity contribution in [1.29, 1.82) is 5.41 Å². The molecule has 0 spiro atoms. The van der Waals surface area contributed by atoms with Gasteiger partial charge in [0.25, 0.3) is 0 Å². The highest BCUT2D eigenvalue weighted by Crippen LogP contribution is 2.32. The van der Waals surface area contributed by atoms with Crippen molar-refractivity contribution in [3.8, 4) is 5.75 Å². The molecule has 0 unspecified atom stereocenters. The van der Waals surface area contributed by atoms with E-state index in [4.69, 9.17) is 10.1 Å². The second-order valence-electron chi connectivity index (χ2n) is 8.97. The quantitative estimate of drug-likeness (QED) is 0.425. The predicted molar refractivity (Wildman–Crippen MR) is 125 cm³/mol. The number of benzene rings is 1. The van der Waals surface area contributed by atoms with Gasteiger partial charge in [0.1, 0.15) is 17.2 Å². The zero-order valence-electron chi connectivity index (χ0n) is 19.6. The van der Waals surface area contributed by atoms with Crippen LogP contribution in [0.5, 0.6) is 5.75 Å². The number of nitrogens with one attached hydrogen (secondary N) is 3. The number of rotatable bonds is 7. The Morgan fingerprint density at radius 2 is 1.91 bits per heavy atom. The number of carbonyl (C=O) groups excluding carboxylic acids is 1. The number of halogens is 3. The minimum absolute atomic E-state index is 0.0277. The third-order valence-electron chi connectivity index (χ3n) is 4.89. The van der Waals surface area contributed by atoms with Crippen molar-refractivity contribution in [1.82, 2.24) is 10.3 Å². The van der Waals surface area contributed by atoms with E-state index in [1.54, 1.807) is 26.8 Å². The maximum Gasteiger partial charge on any atom is 0.573 e. The van der Waals surface area contributed by atoms with Crippen LogP contribution in [-0.2, 0) is 4.74 Å². The van der Waals surface area contributed by atoms with Crippen LogP contribution < -0.4 is 20.3 Å². The van der Waals surface area contributed by atoms with Crippen LogP contribution in [0.2, 0.25) is 0 Å². The average Bonchev–Trinajstić information content (AvgIpc) is 3.17. The normalized spacial score (nSPS) is 16.1. The highest BCUT2D eigenvalue weighted by Gasteiger charge is 2.31. The Bertz CT molecular complexity index is 1050. The average molecular weight is 496 g/mol. The van der Waals surface area contributed by atoms with E-state index in [0.29, 0.717) is 36.4 Å². The van der Waals surface area contributed by atoms with Crippen LogP contribution in [0.15, 0.2) is 36.5 Å². The maximum absolute atomic E-state index is 12.4. The Balaban J connectivity index is 1.85. The van der Waals surface area contributed by atoms with Crippen LogP contribution in [0.25, 0.3) is 0 Å². The largest absolute Gasteiger partial charge is 0.573 e. The summed E-state index contributed by atoms with van der Waals surface area (Å²) in [6.07, 6.45) is -3.90. The van der Waals surface area contributed by atoms with Gasteiger partial charge in [0.05, 0.1) is 29.6 Å². The number of hydrogen-bond acceptors (Lipinski definition) is 8. The second kappa shape index (κ2) is 10.4. The van der Waals surface area contributed by atoms with E-state index in [1.165, 1.54) is 18.3 Å². The van der Waals surface area contributed by atoms with E-state index in [0.717, 1.165) is 12.1 Å². The van der Waals surface area contributed by atoms with Gasteiger partial charge in [-0.1, -0.05) is 0 Å². The van der Waals surface area contributed by atoms with Gasteiger partial charge in [-0.05, 0) is 57.5 Å². The number of carbonyl (C=O) groups is 1. The highest BCUT2D eigenvalue weighted by atomic mass is 19.4. The SMILES string of the molecule is CC(C)(C)OC(=O)NCC(=N)c1c(N2CC[C@@H](O)C2)ccnc1Nc1ccc(OC(F)(F)F)cc1. The molecule has 1 aliphatic heterocycles. The standard InChI is InChI=1S/C23H28F3N5O4/c1-22(2,3)35-21(33)29-12-17(27)19-18(31-11-9-15(32)13-31)8-10-28-20(19)30-14-4-6-16(7-5-14)34-23(24,25)26/h4-8,10,15,27,32H,9,11-13H2,1-3H3,(H,28,30)(H,29,33)/t15-/m1/s1. The van der Waals surface area contributed by atoms with Crippen LogP contribution in [0.1, 0.15) is 32.8 Å². The van der Waals surface area contributed by atoms with Gasteiger partial charge < -0.3 is 35.5 Å². The number of hydrogen-bond donors (Lipinski definition) is 4. The second-order valence-corrected chi connectivity index (χ2v) is 8.97. The first kappa shape index (κ1) is 26.1. The maximum atomic E-state index is 12.4. The van der Waals surface area contributed by atoms with E-state index in [9.17, 15) is 23.1 Å². The molecule has 1 aliphatic rings. The molecule has 1 amide bonds. The molecule has 35 heavy (non-hydrogen) atoms. The number of aromatic nitrogens is 1. The summed E-state index contributed by atoms with van der Waals surface area (Å²) < 4.78 is 46.4. The number of amides is 1. The fourth-order valence-corrected chi connectivity index (χ4v) is 3.51. The molecule has 1 aromatic heterocycles. The summed E-state index contributed by atoms with van der Waals surface area (Å²) in [6.45, 7) is 5.95. The van der Waals surface area contributed by atoms with Crippen molar-refractivity contribution >= 4 is 29.0 Å². The van der Waals surface area contributed by atoms with Gasteiger partial charge in [-0.2, -0.15) is 0 Å². The molecule has 0 saturated carbocycles. The fourth-order valence-electron chi connectivity index (χ4n) is 3.51. The van der Waals surface area contributed by atoms with Gasteiger partial charge >= 0.3 is 12.5 Å².